The number of hydrogen-bond acceptors (Lipinski definition) is 4. The SMILES string of the molecule is CC[C@H](N)c1ccc(N2CCN(C)C(=O)C2)cn1. The molecule has 1 aromatic heterocycles. The minimum Gasteiger partial charge on any atom is -0.359 e. The van der Waals surface area contributed by atoms with Crippen LogP contribution >= 0.6 is 0 Å². The molecule has 1 saturated heterocycles. The molecule has 2 rings (SSSR count). The Bertz CT molecular complexity index is 418. The molecule has 1 fully saturated rings. The third-order valence-electron chi connectivity index (χ3n) is 3.41. The van der Waals surface area contributed by atoms with Crippen molar-refractivity contribution in [1.82, 2.24) is 9.88 Å². The van der Waals surface area contributed by atoms with Gasteiger partial charge in [-0.15, -0.1) is 0 Å². The first-order valence-corrected chi connectivity index (χ1v) is 6.32. The quantitative estimate of drug-likeness (QED) is 0.858. The van der Waals surface area contributed by atoms with E-state index in [0.29, 0.717) is 6.54 Å². The lowest BCUT2D eigenvalue weighted by molar-refractivity contribution is -0.129. The van der Waals surface area contributed by atoms with E-state index < -0.39 is 0 Å². The highest BCUT2D eigenvalue weighted by molar-refractivity contribution is 5.82. The van der Waals surface area contributed by atoms with Gasteiger partial charge in [0.1, 0.15) is 0 Å². The van der Waals surface area contributed by atoms with Crippen LogP contribution in [0, 0.1) is 0 Å². The summed E-state index contributed by atoms with van der Waals surface area (Å²) in [5.74, 6) is 0.149. The highest BCUT2D eigenvalue weighted by Gasteiger charge is 2.21. The van der Waals surface area contributed by atoms with Crippen LogP contribution in [0.1, 0.15) is 25.1 Å². The van der Waals surface area contributed by atoms with Gasteiger partial charge in [-0.05, 0) is 18.6 Å². The molecule has 0 spiro atoms. The first kappa shape index (κ1) is 12.8. The summed E-state index contributed by atoms with van der Waals surface area (Å²) in [4.78, 5) is 19.8. The number of anilines is 1. The maximum Gasteiger partial charge on any atom is 0.241 e. The molecule has 18 heavy (non-hydrogen) atoms. The summed E-state index contributed by atoms with van der Waals surface area (Å²) in [6.07, 6.45) is 2.68. The molecule has 1 aliphatic rings. The molecule has 1 amide bonds. The van der Waals surface area contributed by atoms with Crippen molar-refractivity contribution in [3.8, 4) is 0 Å². The Morgan fingerprint density at radius 1 is 1.44 bits per heavy atom. The predicted molar refractivity (Wildman–Crippen MR) is 71.3 cm³/mol. The maximum absolute atomic E-state index is 11.6. The van der Waals surface area contributed by atoms with E-state index in [4.69, 9.17) is 5.73 Å². The molecule has 1 atom stereocenters. The average molecular weight is 248 g/mol. The van der Waals surface area contributed by atoms with Crippen molar-refractivity contribution in [3.05, 3.63) is 24.0 Å². The predicted octanol–water partition coefficient (Wildman–Crippen LogP) is 0.770. The standard InChI is InChI=1S/C13H20N4O/c1-3-11(14)12-5-4-10(8-15-12)17-7-6-16(2)13(18)9-17/h4-5,8,11H,3,6-7,9,14H2,1-2H3/t11-/m0/s1. The molecule has 98 valence electrons. The second kappa shape index (κ2) is 5.35. The zero-order valence-corrected chi connectivity index (χ0v) is 11.0. The summed E-state index contributed by atoms with van der Waals surface area (Å²) >= 11 is 0. The van der Waals surface area contributed by atoms with E-state index in [9.17, 15) is 4.79 Å². The van der Waals surface area contributed by atoms with E-state index in [1.165, 1.54) is 0 Å². The highest BCUT2D eigenvalue weighted by atomic mass is 16.2. The molecule has 0 aromatic carbocycles. The molecule has 0 aliphatic carbocycles. The largest absolute Gasteiger partial charge is 0.359 e. The van der Waals surface area contributed by atoms with Gasteiger partial charge in [0.15, 0.2) is 0 Å². The number of rotatable bonds is 3. The van der Waals surface area contributed by atoms with E-state index in [-0.39, 0.29) is 11.9 Å². The van der Waals surface area contributed by atoms with Crippen LogP contribution in [0.3, 0.4) is 0 Å². The Labute approximate surface area is 108 Å². The normalized spacial score (nSPS) is 18.1. The third kappa shape index (κ3) is 2.61. The lowest BCUT2D eigenvalue weighted by atomic mass is 10.1. The van der Waals surface area contributed by atoms with Crippen molar-refractivity contribution in [1.29, 1.82) is 0 Å². The van der Waals surface area contributed by atoms with Crippen LogP contribution in [-0.2, 0) is 4.79 Å². The number of carbonyl (C=O) groups is 1. The minimum atomic E-state index is -0.00632. The zero-order valence-electron chi connectivity index (χ0n) is 11.0. The summed E-state index contributed by atoms with van der Waals surface area (Å²) < 4.78 is 0. The van der Waals surface area contributed by atoms with Crippen LogP contribution in [0.15, 0.2) is 18.3 Å². The van der Waals surface area contributed by atoms with Gasteiger partial charge in [0, 0.05) is 26.2 Å². The Morgan fingerprint density at radius 3 is 2.78 bits per heavy atom. The second-order valence-electron chi connectivity index (χ2n) is 4.69. The Kier molecular flexibility index (Phi) is 3.81. The van der Waals surface area contributed by atoms with Crippen molar-refractivity contribution in [2.75, 3.05) is 31.6 Å². The summed E-state index contributed by atoms with van der Waals surface area (Å²) in [7, 11) is 1.83. The fourth-order valence-electron chi connectivity index (χ4n) is 1.99. The molecular weight excluding hydrogens is 228 g/mol. The fourth-order valence-corrected chi connectivity index (χ4v) is 1.99. The van der Waals surface area contributed by atoms with Crippen molar-refractivity contribution in [2.24, 2.45) is 5.73 Å². The van der Waals surface area contributed by atoms with Crippen molar-refractivity contribution in [2.45, 2.75) is 19.4 Å². The summed E-state index contributed by atoms with van der Waals surface area (Å²) in [5.41, 5.74) is 7.82. The van der Waals surface area contributed by atoms with Gasteiger partial charge in [-0.25, -0.2) is 0 Å². The Hall–Kier alpha value is -1.62. The van der Waals surface area contributed by atoms with E-state index in [2.05, 4.69) is 9.88 Å². The van der Waals surface area contributed by atoms with Gasteiger partial charge in [0.05, 0.1) is 24.1 Å². The highest BCUT2D eigenvalue weighted by Crippen LogP contribution is 2.18. The smallest absolute Gasteiger partial charge is 0.241 e. The monoisotopic (exact) mass is 248 g/mol. The molecular formula is C13H20N4O. The minimum absolute atomic E-state index is 0.00632. The molecule has 0 bridgehead atoms. The molecule has 5 nitrogen and oxygen atoms in total. The van der Waals surface area contributed by atoms with E-state index in [1.54, 1.807) is 4.90 Å². The van der Waals surface area contributed by atoms with Gasteiger partial charge >= 0.3 is 0 Å². The summed E-state index contributed by atoms with van der Waals surface area (Å²) in [6, 6.07) is 3.94. The van der Waals surface area contributed by atoms with Gasteiger partial charge < -0.3 is 15.5 Å². The molecule has 1 aliphatic heterocycles. The third-order valence-corrected chi connectivity index (χ3v) is 3.41. The number of amides is 1. The molecule has 2 heterocycles. The van der Waals surface area contributed by atoms with Crippen LogP contribution in [0.5, 0.6) is 0 Å². The van der Waals surface area contributed by atoms with E-state index in [1.807, 2.05) is 32.3 Å². The van der Waals surface area contributed by atoms with Crippen LogP contribution in [0.25, 0.3) is 0 Å². The zero-order chi connectivity index (χ0) is 13.1. The lowest BCUT2D eigenvalue weighted by Crippen LogP contribution is -2.48. The van der Waals surface area contributed by atoms with Gasteiger partial charge in [-0.2, -0.15) is 0 Å². The van der Waals surface area contributed by atoms with E-state index >= 15 is 0 Å². The van der Waals surface area contributed by atoms with Crippen molar-refractivity contribution in [3.63, 3.8) is 0 Å². The molecule has 1 aromatic rings. The molecule has 0 radical (unpaired) electrons. The number of nitrogens with zero attached hydrogens (tertiary/aromatic N) is 3. The number of nitrogens with two attached hydrogens (primary N) is 1. The molecule has 2 N–H and O–H groups in total. The maximum atomic E-state index is 11.6. The van der Waals surface area contributed by atoms with Crippen LogP contribution < -0.4 is 10.6 Å². The van der Waals surface area contributed by atoms with E-state index in [0.717, 1.165) is 30.9 Å². The van der Waals surface area contributed by atoms with Gasteiger partial charge in [-0.3, -0.25) is 9.78 Å². The first-order chi connectivity index (χ1) is 8.61. The van der Waals surface area contributed by atoms with Gasteiger partial charge in [0.25, 0.3) is 0 Å². The van der Waals surface area contributed by atoms with Crippen molar-refractivity contribution >= 4 is 11.6 Å². The van der Waals surface area contributed by atoms with Gasteiger partial charge in [0.2, 0.25) is 5.91 Å². The Morgan fingerprint density at radius 2 is 2.22 bits per heavy atom. The fraction of sp³-hybridized carbons (Fsp3) is 0.538. The second-order valence-corrected chi connectivity index (χ2v) is 4.69. The number of piperazine rings is 1. The molecule has 0 unspecified atom stereocenters. The summed E-state index contributed by atoms with van der Waals surface area (Å²) in [5, 5.41) is 0. The summed E-state index contributed by atoms with van der Waals surface area (Å²) in [6.45, 7) is 4.08. The van der Waals surface area contributed by atoms with Crippen molar-refractivity contribution < 1.29 is 4.79 Å². The number of aromatic nitrogens is 1. The average Bonchev–Trinajstić information content (AvgIpc) is 2.41. The molecule has 0 saturated carbocycles. The number of pyridine rings is 1. The first-order valence-electron chi connectivity index (χ1n) is 6.32. The number of carbonyl (C=O) groups excluding carboxylic acids is 1. The van der Waals surface area contributed by atoms with Crippen LogP contribution in [0.4, 0.5) is 5.69 Å². The lowest BCUT2D eigenvalue weighted by Gasteiger charge is -2.33. The Balaban J connectivity index is 2.08. The van der Waals surface area contributed by atoms with Gasteiger partial charge in [-0.1, -0.05) is 6.92 Å². The number of hydrogen-bond donors (Lipinski definition) is 1. The van der Waals surface area contributed by atoms with Crippen LogP contribution in [-0.4, -0.2) is 42.5 Å². The van der Waals surface area contributed by atoms with Crippen LogP contribution in [0.2, 0.25) is 0 Å². The number of likely N-dealkylation sites (N-methyl/N-ethyl adjacent to an activating group) is 1. The molecule has 5 heteroatoms. The topological polar surface area (TPSA) is 62.5 Å².